The van der Waals surface area contributed by atoms with Gasteiger partial charge in [0.15, 0.2) is 11.2 Å². The summed E-state index contributed by atoms with van der Waals surface area (Å²) in [5, 5.41) is 19.2. The van der Waals surface area contributed by atoms with Crippen LogP contribution in [0.15, 0.2) is 41.7 Å². The number of carboxylic acids is 1. The molecule has 0 radical (unpaired) electrons. The Kier molecular flexibility index (Phi) is 4.52. The van der Waals surface area contributed by atoms with E-state index in [0.29, 0.717) is 29.2 Å². The number of carboxylic acid groups (broad SMARTS) is 1. The van der Waals surface area contributed by atoms with Gasteiger partial charge in [0.25, 0.3) is 0 Å². The molecule has 0 unspecified atom stereocenters. The first-order chi connectivity index (χ1) is 11.2. The van der Waals surface area contributed by atoms with Crippen LogP contribution in [0.2, 0.25) is 0 Å². The van der Waals surface area contributed by atoms with Crippen LogP contribution in [0.5, 0.6) is 0 Å². The molecule has 0 saturated carbocycles. The van der Waals surface area contributed by atoms with Crippen molar-refractivity contribution in [3.8, 4) is 0 Å². The number of hydrogen-bond donors (Lipinski definition) is 0. The van der Waals surface area contributed by atoms with Gasteiger partial charge >= 0.3 is 0 Å². The topological polar surface area (TPSA) is 96.6 Å². The number of benzene rings is 1. The first kappa shape index (κ1) is 15.4. The van der Waals surface area contributed by atoms with Gasteiger partial charge in [-0.2, -0.15) is 0 Å². The summed E-state index contributed by atoms with van der Waals surface area (Å²) < 4.78 is 1.68. The van der Waals surface area contributed by atoms with Gasteiger partial charge in [-0.05, 0) is 12.0 Å². The van der Waals surface area contributed by atoms with E-state index in [9.17, 15) is 9.90 Å². The van der Waals surface area contributed by atoms with Crippen molar-refractivity contribution in [1.82, 2.24) is 25.0 Å². The average Bonchev–Trinajstić information content (AvgIpc) is 2.97. The number of thioether (sulfide) groups is 1. The van der Waals surface area contributed by atoms with Gasteiger partial charge < -0.3 is 9.90 Å². The largest absolute Gasteiger partial charge is 0.549 e. The van der Waals surface area contributed by atoms with Crippen LogP contribution < -0.4 is 5.11 Å². The van der Waals surface area contributed by atoms with E-state index in [4.69, 9.17) is 0 Å². The molecule has 7 nitrogen and oxygen atoms in total. The molecule has 23 heavy (non-hydrogen) atoms. The normalized spacial score (nSPS) is 12.4. The first-order valence-electron chi connectivity index (χ1n) is 7.14. The molecule has 0 aliphatic carbocycles. The van der Waals surface area contributed by atoms with E-state index in [1.807, 2.05) is 30.3 Å². The molecular weight excluding hydrogens is 314 g/mol. The van der Waals surface area contributed by atoms with Crippen molar-refractivity contribution in [3.63, 3.8) is 0 Å². The minimum absolute atomic E-state index is 0.441. The van der Waals surface area contributed by atoms with E-state index < -0.39 is 11.2 Å². The Bertz CT molecular complexity index is 821. The lowest BCUT2D eigenvalue weighted by Gasteiger charge is -2.14. The zero-order chi connectivity index (χ0) is 16.2. The number of carbonyl (C=O) groups excluding carboxylic acids is 1. The third-order valence-corrected chi connectivity index (χ3v) is 4.66. The second-order valence-electron chi connectivity index (χ2n) is 4.92. The molecule has 0 bridgehead atoms. The van der Waals surface area contributed by atoms with Gasteiger partial charge in [0.05, 0.1) is 17.8 Å². The molecule has 1 atom stereocenters. The fourth-order valence-corrected chi connectivity index (χ4v) is 3.04. The highest BCUT2D eigenvalue weighted by atomic mass is 32.2. The third-order valence-electron chi connectivity index (χ3n) is 3.33. The predicted molar refractivity (Wildman–Crippen MR) is 83.6 cm³/mol. The highest BCUT2D eigenvalue weighted by Crippen LogP contribution is 2.27. The van der Waals surface area contributed by atoms with Gasteiger partial charge in [0.1, 0.15) is 11.4 Å². The molecule has 2 heterocycles. The number of fused-ring (bicyclic) bond motifs is 1. The number of aromatic nitrogens is 5. The lowest BCUT2D eigenvalue weighted by Crippen LogP contribution is -2.33. The zero-order valence-corrected chi connectivity index (χ0v) is 13.2. The van der Waals surface area contributed by atoms with Crippen molar-refractivity contribution in [2.75, 3.05) is 0 Å². The minimum atomic E-state index is -1.11. The quantitative estimate of drug-likeness (QED) is 0.489. The van der Waals surface area contributed by atoms with Gasteiger partial charge in [-0.15, -0.1) is 5.10 Å². The molecule has 0 aliphatic heterocycles. The van der Waals surface area contributed by atoms with E-state index in [0.717, 1.165) is 17.3 Å². The zero-order valence-electron chi connectivity index (χ0n) is 12.4. The molecule has 1 aromatic carbocycles. The Morgan fingerprint density at radius 1 is 1.30 bits per heavy atom. The van der Waals surface area contributed by atoms with E-state index in [-0.39, 0.29) is 0 Å². The summed E-state index contributed by atoms with van der Waals surface area (Å²) in [7, 11) is 0. The van der Waals surface area contributed by atoms with E-state index in [2.05, 4.69) is 20.3 Å². The maximum absolute atomic E-state index is 11.1. The fourth-order valence-electron chi connectivity index (χ4n) is 2.15. The number of hydrogen-bond acceptors (Lipinski definition) is 7. The number of aliphatic carboxylic acids is 1. The molecule has 8 heteroatoms. The maximum atomic E-state index is 11.1. The molecule has 0 N–H and O–H groups in total. The number of carbonyl (C=O) groups is 1. The van der Waals surface area contributed by atoms with Crippen LogP contribution in [0.4, 0.5) is 0 Å². The van der Waals surface area contributed by atoms with Crippen LogP contribution in [0.25, 0.3) is 11.2 Å². The molecular formula is C15H14N5O2S-. The Labute approximate surface area is 136 Å². The van der Waals surface area contributed by atoms with Gasteiger partial charge in [-0.1, -0.05) is 54.2 Å². The Hall–Kier alpha value is -2.48. The van der Waals surface area contributed by atoms with Crippen LogP contribution >= 0.6 is 11.8 Å². The average molecular weight is 328 g/mol. The van der Waals surface area contributed by atoms with Crippen molar-refractivity contribution < 1.29 is 9.90 Å². The summed E-state index contributed by atoms with van der Waals surface area (Å²) in [4.78, 5) is 19.5. The Morgan fingerprint density at radius 2 is 2.09 bits per heavy atom. The van der Waals surface area contributed by atoms with Crippen LogP contribution in [0.3, 0.4) is 0 Å². The molecule has 118 valence electrons. The molecule has 3 aromatic rings. The monoisotopic (exact) mass is 328 g/mol. The smallest absolute Gasteiger partial charge is 0.183 e. The summed E-state index contributed by atoms with van der Waals surface area (Å²) in [5.41, 5.74) is 2.17. The maximum Gasteiger partial charge on any atom is 0.183 e. The Balaban J connectivity index is 1.92. The molecule has 0 spiro atoms. The van der Waals surface area contributed by atoms with Gasteiger partial charge in [-0.25, -0.2) is 14.6 Å². The molecule has 0 amide bonds. The fraction of sp³-hybridized carbons (Fsp3) is 0.267. The summed E-state index contributed by atoms with van der Waals surface area (Å²) in [6.45, 7) is 2.33. The van der Waals surface area contributed by atoms with Crippen LogP contribution in [0.1, 0.15) is 18.9 Å². The third kappa shape index (κ3) is 3.31. The lowest BCUT2D eigenvalue weighted by atomic mass is 10.2. The number of rotatable bonds is 6. The summed E-state index contributed by atoms with van der Waals surface area (Å²) in [6.07, 6.45) is 1.84. The second kappa shape index (κ2) is 6.74. The molecule has 2 aromatic heterocycles. The SMILES string of the molecule is CC[C@H](Sc1ncnc2c1nnn2Cc1ccccc1)C(=O)[O-]. The van der Waals surface area contributed by atoms with Gasteiger partial charge in [-0.3, -0.25) is 0 Å². The van der Waals surface area contributed by atoms with Crippen molar-refractivity contribution in [3.05, 3.63) is 42.2 Å². The van der Waals surface area contributed by atoms with Crippen LogP contribution in [0, 0.1) is 0 Å². The molecule has 0 aliphatic rings. The Morgan fingerprint density at radius 3 is 2.78 bits per heavy atom. The highest BCUT2D eigenvalue weighted by molar-refractivity contribution is 8.00. The first-order valence-corrected chi connectivity index (χ1v) is 8.02. The van der Waals surface area contributed by atoms with Crippen molar-refractivity contribution >= 4 is 28.9 Å². The van der Waals surface area contributed by atoms with Crippen LogP contribution in [-0.2, 0) is 11.3 Å². The van der Waals surface area contributed by atoms with E-state index in [1.54, 1.807) is 11.6 Å². The van der Waals surface area contributed by atoms with Crippen molar-refractivity contribution in [2.24, 2.45) is 0 Å². The highest BCUT2D eigenvalue weighted by Gasteiger charge is 2.17. The van der Waals surface area contributed by atoms with Crippen LogP contribution in [-0.4, -0.2) is 36.2 Å². The van der Waals surface area contributed by atoms with Gasteiger partial charge in [0.2, 0.25) is 0 Å². The van der Waals surface area contributed by atoms with Crippen molar-refractivity contribution in [2.45, 2.75) is 30.2 Å². The summed E-state index contributed by atoms with van der Waals surface area (Å²) in [6, 6.07) is 9.85. The lowest BCUT2D eigenvalue weighted by molar-refractivity contribution is -0.304. The summed E-state index contributed by atoms with van der Waals surface area (Å²) >= 11 is 1.12. The minimum Gasteiger partial charge on any atom is -0.549 e. The predicted octanol–water partition coefficient (Wildman–Crippen LogP) is 0.890. The van der Waals surface area contributed by atoms with Crippen molar-refractivity contribution in [1.29, 1.82) is 0 Å². The van der Waals surface area contributed by atoms with Gasteiger partial charge in [0, 0.05) is 0 Å². The molecule has 3 rings (SSSR count). The number of nitrogens with zero attached hydrogens (tertiary/aromatic N) is 5. The van der Waals surface area contributed by atoms with E-state index >= 15 is 0 Å². The second-order valence-corrected chi connectivity index (χ2v) is 6.11. The molecule has 0 saturated heterocycles. The van der Waals surface area contributed by atoms with E-state index in [1.165, 1.54) is 6.33 Å². The standard InChI is InChI=1S/C15H15N5O2S/c1-2-11(15(21)22)23-14-12-13(16-9-17-14)20(19-18-12)8-10-6-4-3-5-7-10/h3-7,9,11H,2,8H2,1H3,(H,21,22)/p-1/t11-/m0/s1. The molecule has 0 fully saturated rings. The summed E-state index contributed by atoms with van der Waals surface area (Å²) in [5.74, 6) is -1.11.